The lowest BCUT2D eigenvalue weighted by atomic mass is 10.0. The second kappa shape index (κ2) is 7.03. The summed E-state index contributed by atoms with van der Waals surface area (Å²) in [5.41, 5.74) is 4.24. The fraction of sp³-hybridized carbons (Fsp3) is 0.450. The monoisotopic (exact) mass is 352 g/mol. The smallest absolute Gasteiger partial charge is 0.254 e. The number of morpholine rings is 1. The zero-order valence-corrected chi connectivity index (χ0v) is 15.3. The molecule has 1 aliphatic carbocycles. The molecule has 0 N–H and O–H groups in total. The highest BCUT2D eigenvalue weighted by Gasteiger charge is 2.29. The van der Waals surface area contributed by atoms with Crippen LogP contribution in [0, 0.1) is 0 Å². The SMILES string of the molecule is CN(C)c1nccc([C@H]2CN(C(=O)c3cccc4c3CCC4)CCO2)n1. The lowest BCUT2D eigenvalue weighted by Gasteiger charge is -2.33. The van der Waals surface area contributed by atoms with Crippen molar-refractivity contribution >= 4 is 11.9 Å². The molecule has 1 atom stereocenters. The Labute approximate surface area is 153 Å². The summed E-state index contributed by atoms with van der Waals surface area (Å²) in [5.74, 6) is 0.759. The molecular weight excluding hydrogens is 328 g/mol. The van der Waals surface area contributed by atoms with Crippen molar-refractivity contribution in [1.29, 1.82) is 0 Å². The molecule has 2 aromatic rings. The van der Waals surface area contributed by atoms with Crippen LogP contribution in [0.15, 0.2) is 30.5 Å². The maximum absolute atomic E-state index is 13.1. The molecule has 4 rings (SSSR count). The summed E-state index contributed by atoms with van der Waals surface area (Å²) in [5, 5.41) is 0. The molecule has 26 heavy (non-hydrogen) atoms. The summed E-state index contributed by atoms with van der Waals surface area (Å²) in [6.07, 6.45) is 4.75. The summed E-state index contributed by atoms with van der Waals surface area (Å²) in [6, 6.07) is 7.98. The summed E-state index contributed by atoms with van der Waals surface area (Å²) < 4.78 is 5.90. The predicted octanol–water partition coefficient (Wildman–Crippen LogP) is 2.25. The van der Waals surface area contributed by atoms with Crippen molar-refractivity contribution in [3.8, 4) is 0 Å². The third kappa shape index (κ3) is 3.17. The number of benzene rings is 1. The van der Waals surface area contributed by atoms with Crippen molar-refractivity contribution in [2.24, 2.45) is 0 Å². The van der Waals surface area contributed by atoms with Gasteiger partial charge in [-0.1, -0.05) is 12.1 Å². The zero-order valence-electron chi connectivity index (χ0n) is 15.3. The molecule has 1 aliphatic heterocycles. The molecular formula is C20H24N4O2. The highest BCUT2D eigenvalue weighted by atomic mass is 16.5. The first-order chi connectivity index (χ1) is 12.6. The second-order valence-corrected chi connectivity index (χ2v) is 7.08. The fourth-order valence-corrected chi connectivity index (χ4v) is 3.76. The molecule has 1 amide bonds. The molecule has 0 bridgehead atoms. The summed E-state index contributed by atoms with van der Waals surface area (Å²) in [6.45, 7) is 1.66. The molecule has 2 aliphatic rings. The van der Waals surface area contributed by atoms with E-state index < -0.39 is 0 Å². The standard InChI is InChI=1S/C20H24N4O2/c1-23(2)20-21-10-9-17(22-20)18-13-24(11-12-26-18)19(25)16-8-4-6-14-5-3-7-15(14)16/h4,6,8-10,18H,3,5,7,11-13H2,1-2H3/t18-/m1/s1. The van der Waals surface area contributed by atoms with Gasteiger partial charge in [0.15, 0.2) is 0 Å². The Morgan fingerprint density at radius 3 is 3.00 bits per heavy atom. The van der Waals surface area contributed by atoms with Crippen LogP contribution in [0.1, 0.15) is 39.7 Å². The van der Waals surface area contributed by atoms with Gasteiger partial charge in [-0.2, -0.15) is 0 Å². The van der Waals surface area contributed by atoms with Crippen molar-refractivity contribution < 1.29 is 9.53 Å². The van der Waals surface area contributed by atoms with Crippen LogP contribution in [-0.2, 0) is 17.6 Å². The molecule has 0 spiro atoms. The highest BCUT2D eigenvalue weighted by molar-refractivity contribution is 5.96. The molecule has 0 radical (unpaired) electrons. The minimum Gasteiger partial charge on any atom is -0.368 e. The first-order valence-corrected chi connectivity index (χ1v) is 9.15. The van der Waals surface area contributed by atoms with Gasteiger partial charge in [0.2, 0.25) is 5.95 Å². The molecule has 1 aromatic heterocycles. The van der Waals surface area contributed by atoms with Gasteiger partial charge in [-0.25, -0.2) is 9.97 Å². The van der Waals surface area contributed by atoms with E-state index in [9.17, 15) is 4.79 Å². The predicted molar refractivity (Wildman–Crippen MR) is 99.4 cm³/mol. The first-order valence-electron chi connectivity index (χ1n) is 9.15. The van der Waals surface area contributed by atoms with Crippen LogP contribution in [0.4, 0.5) is 5.95 Å². The largest absolute Gasteiger partial charge is 0.368 e. The van der Waals surface area contributed by atoms with E-state index in [1.165, 1.54) is 11.1 Å². The van der Waals surface area contributed by atoms with E-state index in [-0.39, 0.29) is 12.0 Å². The van der Waals surface area contributed by atoms with Gasteiger partial charge in [0.1, 0.15) is 6.10 Å². The molecule has 136 valence electrons. The van der Waals surface area contributed by atoms with Crippen LogP contribution in [0.3, 0.4) is 0 Å². The molecule has 1 saturated heterocycles. The van der Waals surface area contributed by atoms with E-state index in [1.54, 1.807) is 6.20 Å². The van der Waals surface area contributed by atoms with Crippen LogP contribution >= 0.6 is 0 Å². The number of rotatable bonds is 3. The average molecular weight is 352 g/mol. The van der Waals surface area contributed by atoms with E-state index in [0.717, 1.165) is 30.5 Å². The van der Waals surface area contributed by atoms with E-state index >= 15 is 0 Å². The second-order valence-electron chi connectivity index (χ2n) is 7.08. The van der Waals surface area contributed by atoms with Crippen molar-refractivity contribution in [2.75, 3.05) is 38.7 Å². The topological polar surface area (TPSA) is 58.6 Å². The van der Waals surface area contributed by atoms with Crippen LogP contribution < -0.4 is 4.90 Å². The van der Waals surface area contributed by atoms with Crippen molar-refractivity contribution in [3.63, 3.8) is 0 Å². The van der Waals surface area contributed by atoms with E-state index in [2.05, 4.69) is 16.0 Å². The lowest BCUT2D eigenvalue weighted by molar-refractivity contribution is -0.0247. The maximum Gasteiger partial charge on any atom is 0.254 e. The number of nitrogens with zero attached hydrogens (tertiary/aromatic N) is 4. The molecule has 6 nitrogen and oxygen atoms in total. The zero-order chi connectivity index (χ0) is 18.1. The third-order valence-corrected chi connectivity index (χ3v) is 5.12. The van der Waals surface area contributed by atoms with Gasteiger partial charge >= 0.3 is 0 Å². The number of amides is 1. The van der Waals surface area contributed by atoms with Crippen molar-refractivity contribution in [2.45, 2.75) is 25.4 Å². The number of anilines is 1. The van der Waals surface area contributed by atoms with Gasteiger partial charge in [-0.3, -0.25) is 4.79 Å². The summed E-state index contributed by atoms with van der Waals surface area (Å²) in [7, 11) is 3.82. The van der Waals surface area contributed by atoms with Crippen LogP contribution in [0.5, 0.6) is 0 Å². The number of fused-ring (bicyclic) bond motifs is 1. The molecule has 6 heteroatoms. The maximum atomic E-state index is 13.1. The fourth-order valence-electron chi connectivity index (χ4n) is 3.76. The Bertz CT molecular complexity index is 821. The number of ether oxygens (including phenoxy) is 1. The quantitative estimate of drug-likeness (QED) is 0.848. The number of aromatic nitrogens is 2. The van der Waals surface area contributed by atoms with Gasteiger partial charge in [0.05, 0.1) is 18.8 Å². The molecule has 0 unspecified atom stereocenters. The molecule has 1 fully saturated rings. The van der Waals surface area contributed by atoms with Crippen LogP contribution in [0.25, 0.3) is 0 Å². The van der Waals surface area contributed by atoms with Crippen LogP contribution in [0.2, 0.25) is 0 Å². The normalized spacial score (nSPS) is 19.3. The minimum atomic E-state index is -0.217. The van der Waals surface area contributed by atoms with Gasteiger partial charge in [-0.05, 0) is 42.5 Å². The Morgan fingerprint density at radius 2 is 2.15 bits per heavy atom. The van der Waals surface area contributed by atoms with Gasteiger partial charge in [0, 0.05) is 32.4 Å². The number of carbonyl (C=O) groups excluding carboxylic acids is 1. The Balaban J connectivity index is 1.55. The van der Waals surface area contributed by atoms with E-state index in [4.69, 9.17) is 4.74 Å². The number of hydrogen-bond acceptors (Lipinski definition) is 5. The minimum absolute atomic E-state index is 0.110. The molecule has 0 saturated carbocycles. The van der Waals surface area contributed by atoms with Crippen molar-refractivity contribution in [3.05, 3.63) is 52.8 Å². The van der Waals surface area contributed by atoms with E-state index in [0.29, 0.717) is 25.6 Å². The Hall–Kier alpha value is -2.47. The first kappa shape index (κ1) is 17.0. The molecule has 2 heterocycles. The average Bonchev–Trinajstić information content (AvgIpc) is 3.16. The van der Waals surface area contributed by atoms with Gasteiger partial charge in [0.25, 0.3) is 5.91 Å². The van der Waals surface area contributed by atoms with Gasteiger partial charge < -0.3 is 14.5 Å². The number of carbonyl (C=O) groups is 1. The Morgan fingerprint density at radius 1 is 1.27 bits per heavy atom. The van der Waals surface area contributed by atoms with Gasteiger partial charge in [-0.15, -0.1) is 0 Å². The Kier molecular flexibility index (Phi) is 4.59. The summed E-state index contributed by atoms with van der Waals surface area (Å²) >= 11 is 0. The third-order valence-electron chi connectivity index (χ3n) is 5.12. The summed E-state index contributed by atoms with van der Waals surface area (Å²) in [4.78, 5) is 25.7. The van der Waals surface area contributed by atoms with E-state index in [1.807, 2.05) is 42.1 Å². The number of aryl methyl sites for hydroxylation is 1. The lowest BCUT2D eigenvalue weighted by Crippen LogP contribution is -2.42. The molecule has 1 aromatic carbocycles. The van der Waals surface area contributed by atoms with Crippen LogP contribution in [-0.4, -0.2) is 54.6 Å². The highest BCUT2D eigenvalue weighted by Crippen LogP contribution is 2.28. The number of hydrogen-bond donors (Lipinski definition) is 0. The van der Waals surface area contributed by atoms with Crippen molar-refractivity contribution in [1.82, 2.24) is 14.9 Å².